The number of nitrogens with one attached hydrogen (secondary N) is 1. The molecule has 1 N–H and O–H groups in total. The summed E-state index contributed by atoms with van der Waals surface area (Å²) in [6.07, 6.45) is -1.26. The number of imidazole rings is 1. The fraction of sp³-hybridized carbons (Fsp3) is 0.0952. The van der Waals surface area contributed by atoms with Gasteiger partial charge >= 0.3 is 6.18 Å². The summed E-state index contributed by atoms with van der Waals surface area (Å²) >= 11 is 1.35. The molecule has 0 fully saturated rings. The molecular formula is C21H13F3N4OS. The highest BCUT2D eigenvalue weighted by Crippen LogP contribution is 2.32. The number of halogens is 3. The number of nitrogens with zero attached hydrogens (tertiary/aromatic N) is 3. The molecule has 3 heterocycles. The van der Waals surface area contributed by atoms with Crippen molar-refractivity contribution in [2.24, 2.45) is 0 Å². The number of carbonyl (C=O) groups excluding carboxylic acids is 1. The highest BCUT2D eigenvalue weighted by Gasteiger charge is 2.30. The Labute approximate surface area is 173 Å². The number of nitriles is 1. The van der Waals surface area contributed by atoms with Crippen LogP contribution in [0.4, 0.5) is 13.2 Å². The van der Waals surface area contributed by atoms with Crippen molar-refractivity contribution in [2.75, 3.05) is 0 Å². The fourth-order valence-corrected chi connectivity index (χ4v) is 3.73. The molecule has 5 nitrogen and oxygen atoms in total. The van der Waals surface area contributed by atoms with Gasteiger partial charge in [0, 0.05) is 22.8 Å². The lowest BCUT2D eigenvalue weighted by molar-refractivity contribution is -0.137. The lowest BCUT2D eigenvalue weighted by atomic mass is 10.1. The Bertz CT molecular complexity index is 1260. The van der Waals surface area contributed by atoms with Crippen LogP contribution in [0.2, 0.25) is 0 Å². The van der Waals surface area contributed by atoms with E-state index in [2.05, 4.69) is 10.3 Å². The van der Waals surface area contributed by atoms with E-state index >= 15 is 0 Å². The Morgan fingerprint density at radius 3 is 2.73 bits per heavy atom. The molecule has 0 radical (unpaired) electrons. The molecule has 1 atom stereocenters. The van der Waals surface area contributed by atoms with Gasteiger partial charge in [0.05, 0.1) is 22.9 Å². The van der Waals surface area contributed by atoms with Gasteiger partial charge in [-0.05, 0) is 35.7 Å². The van der Waals surface area contributed by atoms with Gasteiger partial charge < -0.3 is 9.72 Å². The number of amides is 1. The molecule has 0 aliphatic rings. The molecule has 1 aromatic carbocycles. The molecular weight excluding hydrogens is 413 g/mol. The number of alkyl halides is 3. The summed E-state index contributed by atoms with van der Waals surface area (Å²) in [5.41, 5.74) is 0.311. The van der Waals surface area contributed by atoms with Crippen LogP contribution in [0.5, 0.6) is 0 Å². The standard InChI is InChI=1S/C21H13F3N4OS/c22-21(23,24)14-5-1-4-13(10-14)17-12-28-8-2-6-15(19(28)26-17)20(29)27-16(11-25)18-7-3-9-30-18/h1-10,12,16H,(H,27,29). The van der Waals surface area contributed by atoms with Crippen molar-refractivity contribution in [1.29, 1.82) is 5.26 Å². The van der Waals surface area contributed by atoms with Crippen LogP contribution in [-0.2, 0) is 6.18 Å². The van der Waals surface area contributed by atoms with E-state index in [1.165, 1.54) is 23.5 Å². The average molecular weight is 426 g/mol. The number of pyridine rings is 1. The minimum atomic E-state index is -4.46. The lowest BCUT2D eigenvalue weighted by Crippen LogP contribution is -2.27. The number of hydrogen-bond acceptors (Lipinski definition) is 4. The van der Waals surface area contributed by atoms with Crippen molar-refractivity contribution in [3.63, 3.8) is 0 Å². The molecule has 0 aliphatic carbocycles. The predicted molar refractivity (Wildman–Crippen MR) is 106 cm³/mol. The molecule has 0 saturated carbocycles. The van der Waals surface area contributed by atoms with Crippen LogP contribution in [-0.4, -0.2) is 15.3 Å². The van der Waals surface area contributed by atoms with E-state index in [4.69, 9.17) is 0 Å². The quantitative estimate of drug-likeness (QED) is 0.495. The average Bonchev–Trinajstić information content (AvgIpc) is 3.41. The molecule has 30 heavy (non-hydrogen) atoms. The normalized spacial score (nSPS) is 12.5. The van der Waals surface area contributed by atoms with Crippen LogP contribution in [0.15, 0.2) is 66.3 Å². The van der Waals surface area contributed by atoms with Crippen LogP contribution in [0.25, 0.3) is 16.9 Å². The minimum absolute atomic E-state index is 0.215. The van der Waals surface area contributed by atoms with Gasteiger partial charge in [0.1, 0.15) is 5.65 Å². The first-order valence-corrected chi connectivity index (χ1v) is 9.64. The van der Waals surface area contributed by atoms with Gasteiger partial charge in [-0.3, -0.25) is 4.79 Å². The molecule has 0 bridgehead atoms. The van der Waals surface area contributed by atoms with Gasteiger partial charge in [0.25, 0.3) is 5.91 Å². The van der Waals surface area contributed by atoms with Gasteiger partial charge in [-0.2, -0.15) is 18.4 Å². The van der Waals surface area contributed by atoms with Crippen LogP contribution in [0.3, 0.4) is 0 Å². The maximum Gasteiger partial charge on any atom is 0.416 e. The topological polar surface area (TPSA) is 70.2 Å². The zero-order chi connectivity index (χ0) is 21.3. The monoisotopic (exact) mass is 426 g/mol. The van der Waals surface area contributed by atoms with Crippen molar-refractivity contribution >= 4 is 22.9 Å². The van der Waals surface area contributed by atoms with E-state index < -0.39 is 23.7 Å². The summed E-state index contributed by atoms with van der Waals surface area (Å²) in [5.74, 6) is -0.498. The third kappa shape index (κ3) is 3.77. The predicted octanol–water partition coefficient (Wildman–Crippen LogP) is 5.08. The summed E-state index contributed by atoms with van der Waals surface area (Å²) in [6.45, 7) is 0. The van der Waals surface area contributed by atoms with Crippen LogP contribution >= 0.6 is 11.3 Å². The molecule has 0 aliphatic heterocycles. The zero-order valence-corrected chi connectivity index (χ0v) is 16.0. The SMILES string of the molecule is N#CC(NC(=O)c1cccn2cc(-c3cccc(C(F)(F)F)c3)nc12)c1cccs1. The largest absolute Gasteiger partial charge is 0.416 e. The van der Waals surface area contributed by atoms with Crippen LogP contribution in [0, 0.1) is 11.3 Å². The highest BCUT2D eigenvalue weighted by atomic mass is 32.1. The third-order valence-electron chi connectivity index (χ3n) is 4.45. The third-order valence-corrected chi connectivity index (χ3v) is 5.38. The molecule has 0 spiro atoms. The summed E-state index contributed by atoms with van der Waals surface area (Å²) in [5, 5.41) is 13.9. The van der Waals surface area contributed by atoms with Crippen LogP contribution in [0.1, 0.15) is 26.8 Å². The second-order valence-corrected chi connectivity index (χ2v) is 7.39. The Balaban J connectivity index is 1.69. The summed E-state index contributed by atoms with van der Waals surface area (Å²) < 4.78 is 40.6. The molecule has 0 saturated heterocycles. The Hall–Kier alpha value is -3.64. The summed E-state index contributed by atoms with van der Waals surface area (Å²) in [7, 11) is 0. The molecule has 9 heteroatoms. The molecule has 4 rings (SSSR count). The second-order valence-electron chi connectivity index (χ2n) is 6.41. The second kappa shape index (κ2) is 7.65. The summed E-state index contributed by atoms with van der Waals surface area (Å²) in [6, 6.07) is 12.8. The Morgan fingerprint density at radius 1 is 1.20 bits per heavy atom. The molecule has 1 unspecified atom stereocenters. The van der Waals surface area contributed by atoms with Crippen molar-refractivity contribution in [2.45, 2.75) is 12.2 Å². The van der Waals surface area contributed by atoms with Crippen LogP contribution < -0.4 is 5.32 Å². The van der Waals surface area contributed by atoms with Crippen molar-refractivity contribution < 1.29 is 18.0 Å². The fourth-order valence-electron chi connectivity index (χ4n) is 3.02. The highest BCUT2D eigenvalue weighted by molar-refractivity contribution is 7.10. The molecule has 1 amide bonds. The first-order chi connectivity index (χ1) is 14.4. The van der Waals surface area contributed by atoms with Gasteiger partial charge in [0.15, 0.2) is 6.04 Å². The van der Waals surface area contributed by atoms with E-state index in [0.717, 1.165) is 12.1 Å². The number of rotatable bonds is 4. The van der Waals surface area contributed by atoms with E-state index in [-0.39, 0.29) is 16.8 Å². The maximum absolute atomic E-state index is 13.0. The van der Waals surface area contributed by atoms with E-state index in [1.54, 1.807) is 41.1 Å². The molecule has 3 aromatic heterocycles. The van der Waals surface area contributed by atoms with Gasteiger partial charge in [0.2, 0.25) is 0 Å². The van der Waals surface area contributed by atoms with E-state index in [0.29, 0.717) is 10.6 Å². The smallest absolute Gasteiger partial charge is 0.332 e. The molecule has 150 valence electrons. The lowest BCUT2D eigenvalue weighted by Gasteiger charge is -2.10. The summed E-state index contributed by atoms with van der Waals surface area (Å²) in [4.78, 5) is 17.9. The number of thiophene rings is 1. The first kappa shape index (κ1) is 19.7. The minimum Gasteiger partial charge on any atom is -0.332 e. The number of aromatic nitrogens is 2. The van der Waals surface area contributed by atoms with Gasteiger partial charge in [-0.1, -0.05) is 18.2 Å². The van der Waals surface area contributed by atoms with E-state index in [9.17, 15) is 23.2 Å². The van der Waals surface area contributed by atoms with Gasteiger partial charge in [-0.15, -0.1) is 11.3 Å². The number of hydrogen-bond donors (Lipinski definition) is 1. The van der Waals surface area contributed by atoms with Crippen molar-refractivity contribution in [1.82, 2.24) is 14.7 Å². The van der Waals surface area contributed by atoms with E-state index in [1.807, 2.05) is 11.4 Å². The zero-order valence-electron chi connectivity index (χ0n) is 15.2. The Morgan fingerprint density at radius 2 is 2.03 bits per heavy atom. The van der Waals surface area contributed by atoms with Crippen molar-refractivity contribution in [3.8, 4) is 17.3 Å². The van der Waals surface area contributed by atoms with Gasteiger partial charge in [-0.25, -0.2) is 4.98 Å². The first-order valence-electron chi connectivity index (χ1n) is 8.76. The molecule has 4 aromatic rings. The number of fused-ring (bicyclic) bond motifs is 1. The Kier molecular flexibility index (Phi) is 5.01. The number of carbonyl (C=O) groups is 1. The van der Waals surface area contributed by atoms with Crippen molar-refractivity contribution in [3.05, 3.63) is 82.3 Å². The number of benzene rings is 1. The maximum atomic E-state index is 13.0.